The van der Waals surface area contributed by atoms with Crippen LogP contribution >= 0.6 is 0 Å². The molecule has 0 saturated carbocycles. The van der Waals surface area contributed by atoms with Crippen LogP contribution in [-0.4, -0.2) is 0 Å². The molecule has 0 aliphatic heterocycles. The Morgan fingerprint density at radius 1 is 0.375 bits per heavy atom. The molecular formula is C21H10O3. The van der Waals surface area contributed by atoms with Crippen molar-refractivity contribution in [2.45, 2.75) is 0 Å². The van der Waals surface area contributed by atoms with Gasteiger partial charge in [-0.25, -0.2) is 0 Å². The lowest BCUT2D eigenvalue weighted by Crippen LogP contribution is -2.14. The molecule has 5 aromatic rings. The Bertz CT molecular complexity index is 1450. The molecule has 0 saturated heterocycles. The largest absolute Gasteiger partial charge is 0.289 e. The van der Waals surface area contributed by atoms with Gasteiger partial charge in [-0.1, -0.05) is 54.6 Å². The van der Waals surface area contributed by atoms with Crippen LogP contribution in [0, 0.1) is 0 Å². The number of hydrogen-bond donors (Lipinski definition) is 0. The van der Waals surface area contributed by atoms with Gasteiger partial charge in [0.1, 0.15) is 0 Å². The van der Waals surface area contributed by atoms with Crippen molar-refractivity contribution in [2.24, 2.45) is 0 Å². The molecule has 112 valence electrons. The highest BCUT2D eigenvalue weighted by Gasteiger charge is 2.18. The molecule has 0 aromatic heterocycles. The third kappa shape index (κ3) is 1.44. The summed E-state index contributed by atoms with van der Waals surface area (Å²) < 4.78 is 0. The van der Waals surface area contributed by atoms with E-state index in [1.54, 1.807) is 48.5 Å². The molecule has 3 nitrogen and oxygen atoms in total. The molecule has 0 unspecified atom stereocenters. The standard InChI is InChI=1S/C21H10O3/c22-19-14-7-3-4-8-15(14)21(24)18-16(19)10-9-12-11-5-1-2-6-13(11)20(23)17(12)18/h1-10H. The first-order chi connectivity index (χ1) is 11.7. The van der Waals surface area contributed by atoms with Crippen molar-refractivity contribution in [2.75, 3.05) is 0 Å². The van der Waals surface area contributed by atoms with Crippen LogP contribution in [0.3, 0.4) is 0 Å². The van der Waals surface area contributed by atoms with Gasteiger partial charge in [0.05, 0.1) is 0 Å². The Morgan fingerprint density at radius 2 is 0.792 bits per heavy atom. The van der Waals surface area contributed by atoms with E-state index in [-0.39, 0.29) is 21.7 Å². The Balaban J connectivity index is 2.24. The molecule has 0 N–H and O–H groups in total. The van der Waals surface area contributed by atoms with Crippen molar-refractivity contribution in [3.63, 3.8) is 0 Å². The Hall–Kier alpha value is -3.33. The van der Waals surface area contributed by atoms with Crippen molar-refractivity contribution in [1.82, 2.24) is 0 Å². The summed E-state index contributed by atoms with van der Waals surface area (Å²) in [6, 6.07) is 17.5. The fourth-order valence-electron chi connectivity index (χ4n) is 3.70. The molecule has 0 amide bonds. The molecule has 0 atom stereocenters. The number of benzene rings is 4. The van der Waals surface area contributed by atoms with Crippen LogP contribution in [0.5, 0.6) is 0 Å². The summed E-state index contributed by atoms with van der Waals surface area (Å²) in [6.07, 6.45) is 0. The molecule has 5 aromatic carbocycles. The minimum Gasteiger partial charge on any atom is -0.289 e. The normalized spacial score (nSPS) is 11.8. The average molecular weight is 310 g/mol. The van der Waals surface area contributed by atoms with Crippen LogP contribution < -0.4 is 16.3 Å². The fourth-order valence-corrected chi connectivity index (χ4v) is 3.70. The maximum absolute atomic E-state index is 13.0. The van der Waals surface area contributed by atoms with Crippen LogP contribution in [-0.2, 0) is 0 Å². The van der Waals surface area contributed by atoms with Crippen LogP contribution in [0.2, 0.25) is 0 Å². The highest BCUT2D eigenvalue weighted by molar-refractivity contribution is 6.21. The quantitative estimate of drug-likeness (QED) is 0.413. The zero-order chi connectivity index (χ0) is 16.4. The third-order valence-corrected chi connectivity index (χ3v) is 4.78. The number of hydrogen-bond acceptors (Lipinski definition) is 3. The summed E-state index contributed by atoms with van der Waals surface area (Å²) in [4.78, 5) is 38.6. The van der Waals surface area contributed by atoms with Gasteiger partial charge in [-0.2, -0.15) is 0 Å². The van der Waals surface area contributed by atoms with E-state index < -0.39 is 0 Å². The van der Waals surface area contributed by atoms with Gasteiger partial charge in [0.2, 0.25) is 0 Å². The first-order valence-corrected chi connectivity index (χ1v) is 7.68. The first kappa shape index (κ1) is 13.1. The molecule has 0 heterocycles. The van der Waals surface area contributed by atoms with Crippen molar-refractivity contribution in [3.8, 4) is 0 Å². The highest BCUT2D eigenvalue weighted by Crippen LogP contribution is 2.28. The van der Waals surface area contributed by atoms with Crippen molar-refractivity contribution < 1.29 is 0 Å². The summed E-state index contributed by atoms with van der Waals surface area (Å²) in [5.41, 5.74) is -0.636. The van der Waals surface area contributed by atoms with Gasteiger partial charge in [-0.3, -0.25) is 14.4 Å². The van der Waals surface area contributed by atoms with Crippen molar-refractivity contribution in [3.05, 3.63) is 91.3 Å². The maximum Gasteiger partial charge on any atom is 0.195 e. The molecule has 24 heavy (non-hydrogen) atoms. The van der Waals surface area contributed by atoms with Gasteiger partial charge in [0, 0.05) is 32.3 Å². The molecule has 0 radical (unpaired) electrons. The van der Waals surface area contributed by atoms with Gasteiger partial charge in [-0.05, 0) is 16.8 Å². The van der Waals surface area contributed by atoms with Crippen molar-refractivity contribution >= 4 is 43.1 Å². The summed E-state index contributed by atoms with van der Waals surface area (Å²) in [5, 5.41) is 3.83. The van der Waals surface area contributed by atoms with Gasteiger partial charge < -0.3 is 0 Å². The van der Waals surface area contributed by atoms with Gasteiger partial charge in [0.15, 0.2) is 16.3 Å². The molecular weight excluding hydrogens is 300 g/mol. The van der Waals surface area contributed by atoms with Gasteiger partial charge in [-0.15, -0.1) is 0 Å². The second-order valence-corrected chi connectivity index (χ2v) is 5.99. The minimum atomic E-state index is -0.252. The van der Waals surface area contributed by atoms with Crippen LogP contribution in [0.1, 0.15) is 0 Å². The van der Waals surface area contributed by atoms with E-state index in [0.29, 0.717) is 26.9 Å². The zero-order valence-electron chi connectivity index (χ0n) is 12.5. The van der Waals surface area contributed by atoms with E-state index in [9.17, 15) is 14.4 Å². The Morgan fingerprint density at radius 3 is 1.42 bits per heavy atom. The molecule has 0 fully saturated rings. The first-order valence-electron chi connectivity index (χ1n) is 7.68. The highest BCUT2D eigenvalue weighted by atomic mass is 16.1. The second kappa shape index (κ2) is 4.36. The predicted octanol–water partition coefficient (Wildman–Crippen LogP) is 3.26. The van der Waals surface area contributed by atoms with Gasteiger partial charge in [0.25, 0.3) is 0 Å². The maximum atomic E-state index is 13.0. The van der Waals surface area contributed by atoms with E-state index in [2.05, 4.69) is 0 Å². The average Bonchev–Trinajstić information content (AvgIpc) is 2.92. The zero-order valence-corrected chi connectivity index (χ0v) is 12.5. The van der Waals surface area contributed by atoms with E-state index in [1.165, 1.54) is 0 Å². The van der Waals surface area contributed by atoms with E-state index >= 15 is 0 Å². The molecule has 0 bridgehead atoms. The lowest BCUT2D eigenvalue weighted by molar-refractivity contribution is 1.68. The summed E-state index contributed by atoms with van der Waals surface area (Å²) >= 11 is 0. The molecule has 0 spiro atoms. The van der Waals surface area contributed by atoms with E-state index in [1.807, 2.05) is 12.1 Å². The molecule has 0 aliphatic rings. The number of rotatable bonds is 0. The van der Waals surface area contributed by atoms with Crippen LogP contribution in [0.15, 0.2) is 75.0 Å². The van der Waals surface area contributed by atoms with Crippen LogP contribution in [0.25, 0.3) is 43.1 Å². The predicted molar refractivity (Wildman–Crippen MR) is 97.6 cm³/mol. The monoisotopic (exact) mass is 310 g/mol. The number of fused-ring (bicyclic) bond motifs is 6. The van der Waals surface area contributed by atoms with Gasteiger partial charge >= 0.3 is 0 Å². The lowest BCUT2D eigenvalue weighted by atomic mass is 9.99. The summed E-state index contributed by atoms with van der Waals surface area (Å²) in [5.74, 6) is 0. The van der Waals surface area contributed by atoms with Crippen molar-refractivity contribution in [1.29, 1.82) is 0 Å². The SMILES string of the molecule is O=c1c2ccccc2c(=O)c2c1ccc1c3ccccc3c(=O)c12. The fraction of sp³-hybridized carbons (Fsp3) is 0. The van der Waals surface area contributed by atoms with E-state index in [4.69, 9.17) is 0 Å². The molecule has 5 rings (SSSR count). The summed E-state index contributed by atoms with van der Waals surface area (Å²) in [7, 11) is 0. The lowest BCUT2D eigenvalue weighted by Gasteiger charge is -2.02. The smallest absolute Gasteiger partial charge is 0.195 e. The summed E-state index contributed by atoms with van der Waals surface area (Å²) in [6.45, 7) is 0. The molecule has 3 heteroatoms. The molecule has 0 aliphatic carbocycles. The topological polar surface area (TPSA) is 51.2 Å². The third-order valence-electron chi connectivity index (χ3n) is 4.78. The van der Waals surface area contributed by atoms with E-state index in [0.717, 1.165) is 10.8 Å². The Kier molecular flexibility index (Phi) is 2.39. The minimum absolute atomic E-state index is 0.182. The van der Waals surface area contributed by atoms with Crippen LogP contribution in [0.4, 0.5) is 0 Å². The Labute approximate surface area is 135 Å². The second-order valence-electron chi connectivity index (χ2n) is 5.99.